The number of ether oxygens (including phenoxy) is 2. The van der Waals surface area contributed by atoms with Gasteiger partial charge >= 0.3 is 5.97 Å². The van der Waals surface area contributed by atoms with Crippen LogP contribution in [-0.2, 0) is 0 Å². The van der Waals surface area contributed by atoms with Crippen molar-refractivity contribution >= 4 is 24.4 Å². The number of carbonyl (C=O) groups excluding carboxylic acids is 1. The number of benzene rings is 2. The molecule has 1 heterocycles. The van der Waals surface area contributed by atoms with Crippen molar-refractivity contribution in [3.63, 3.8) is 0 Å². The number of hydrogen-bond donors (Lipinski definition) is 1. The van der Waals surface area contributed by atoms with E-state index in [0.717, 1.165) is 5.56 Å². The number of H-pyrrole nitrogens is 1. The van der Waals surface area contributed by atoms with Crippen LogP contribution in [0.1, 0.15) is 21.7 Å². The molecular weight excluding hydrogens is 352 g/mol. The number of aryl methyl sites for hydroxylation is 1. The molecule has 1 N–H and O–H groups in total. The summed E-state index contributed by atoms with van der Waals surface area (Å²) in [7, 11) is 1.51. The summed E-state index contributed by atoms with van der Waals surface area (Å²) in [6.45, 7) is 1.79. The highest BCUT2D eigenvalue weighted by atomic mass is 32.1. The predicted molar refractivity (Wildman–Crippen MR) is 99.5 cm³/mol. The number of hydrogen-bond acceptors (Lipinski definition) is 6. The summed E-state index contributed by atoms with van der Waals surface area (Å²) >= 11 is 5.10. The molecule has 0 unspecified atom stereocenters. The van der Waals surface area contributed by atoms with Crippen LogP contribution in [0.25, 0.3) is 0 Å². The molecule has 1 aromatic heterocycles. The molecule has 0 fully saturated rings. The third-order valence-corrected chi connectivity index (χ3v) is 3.80. The van der Waals surface area contributed by atoms with Crippen LogP contribution >= 0.6 is 12.2 Å². The van der Waals surface area contributed by atoms with Gasteiger partial charge in [-0.25, -0.2) is 4.79 Å². The summed E-state index contributed by atoms with van der Waals surface area (Å²) in [6.07, 6.45) is 1.61. The summed E-state index contributed by atoms with van der Waals surface area (Å²) in [6, 6.07) is 13.9. The van der Waals surface area contributed by atoms with E-state index in [1.54, 1.807) is 55.6 Å². The number of rotatable bonds is 5. The molecule has 2 aromatic carbocycles. The molecule has 0 bridgehead atoms. The van der Waals surface area contributed by atoms with Gasteiger partial charge in [0.25, 0.3) is 0 Å². The van der Waals surface area contributed by atoms with Gasteiger partial charge in [-0.15, -0.1) is 0 Å². The van der Waals surface area contributed by atoms with E-state index in [4.69, 9.17) is 21.7 Å². The van der Waals surface area contributed by atoms with Crippen molar-refractivity contribution in [2.45, 2.75) is 6.92 Å². The Hall–Kier alpha value is -3.26. The molecule has 0 radical (unpaired) electrons. The molecule has 0 aliphatic heterocycles. The Balaban J connectivity index is 1.82. The number of nitrogens with zero attached hydrogens (tertiary/aromatic N) is 3. The van der Waals surface area contributed by atoms with Gasteiger partial charge in [-0.2, -0.15) is 14.9 Å². The van der Waals surface area contributed by atoms with Crippen molar-refractivity contribution in [3.05, 3.63) is 70.3 Å². The first-order chi connectivity index (χ1) is 12.6. The Morgan fingerprint density at radius 3 is 2.65 bits per heavy atom. The van der Waals surface area contributed by atoms with Gasteiger partial charge in [0.15, 0.2) is 11.5 Å². The lowest BCUT2D eigenvalue weighted by Crippen LogP contribution is -2.09. The van der Waals surface area contributed by atoms with Crippen LogP contribution in [-0.4, -0.2) is 34.2 Å². The highest BCUT2D eigenvalue weighted by molar-refractivity contribution is 7.71. The summed E-state index contributed by atoms with van der Waals surface area (Å²) in [4.78, 5) is 12.2. The predicted octanol–water partition coefficient (Wildman–Crippen LogP) is 3.36. The van der Waals surface area contributed by atoms with Crippen LogP contribution < -0.4 is 9.47 Å². The van der Waals surface area contributed by atoms with E-state index in [9.17, 15) is 4.79 Å². The topological polar surface area (TPSA) is 81.5 Å². The fraction of sp³-hybridized carbons (Fsp3) is 0.111. The second kappa shape index (κ2) is 7.75. The Bertz CT molecular complexity index is 1010. The van der Waals surface area contributed by atoms with Gasteiger partial charge < -0.3 is 9.47 Å². The molecule has 0 saturated carbocycles. The lowest BCUT2D eigenvalue weighted by Gasteiger charge is -2.10. The van der Waals surface area contributed by atoms with Gasteiger partial charge in [0.1, 0.15) is 5.82 Å². The molecule has 132 valence electrons. The number of carbonyl (C=O) groups is 1. The van der Waals surface area contributed by atoms with Crippen molar-refractivity contribution < 1.29 is 14.3 Å². The molecule has 0 aliphatic rings. The fourth-order valence-corrected chi connectivity index (χ4v) is 2.44. The molecule has 3 rings (SSSR count). The number of nitrogens with one attached hydrogen (secondary N) is 1. The molecular formula is C18H16N4O3S. The van der Waals surface area contributed by atoms with Crippen LogP contribution in [0.4, 0.5) is 0 Å². The maximum absolute atomic E-state index is 12.2. The summed E-state index contributed by atoms with van der Waals surface area (Å²) in [5.41, 5.74) is 1.22. The Morgan fingerprint density at radius 1 is 1.23 bits per heavy atom. The van der Waals surface area contributed by atoms with Crippen LogP contribution in [0, 0.1) is 11.7 Å². The third-order valence-electron chi connectivity index (χ3n) is 3.53. The maximum Gasteiger partial charge on any atom is 0.343 e. The molecule has 0 atom stereocenters. The Morgan fingerprint density at radius 2 is 2.00 bits per heavy atom. The zero-order valence-electron chi connectivity index (χ0n) is 14.2. The van der Waals surface area contributed by atoms with Crippen LogP contribution in [0.15, 0.2) is 53.6 Å². The van der Waals surface area contributed by atoms with Crippen molar-refractivity contribution in [1.82, 2.24) is 14.9 Å². The lowest BCUT2D eigenvalue weighted by molar-refractivity contribution is 0.0729. The van der Waals surface area contributed by atoms with E-state index >= 15 is 0 Å². The van der Waals surface area contributed by atoms with Gasteiger partial charge in [0.2, 0.25) is 4.77 Å². The van der Waals surface area contributed by atoms with Crippen molar-refractivity contribution in [2.75, 3.05) is 7.11 Å². The van der Waals surface area contributed by atoms with Crippen molar-refractivity contribution in [3.8, 4) is 11.5 Å². The molecule has 0 aliphatic carbocycles. The summed E-state index contributed by atoms with van der Waals surface area (Å²) in [5, 5.41) is 10.9. The molecule has 0 amide bonds. The molecule has 26 heavy (non-hydrogen) atoms. The minimum Gasteiger partial charge on any atom is -0.493 e. The average molecular weight is 368 g/mol. The molecule has 0 saturated heterocycles. The summed E-state index contributed by atoms with van der Waals surface area (Å²) < 4.78 is 12.7. The van der Waals surface area contributed by atoms with E-state index in [0.29, 0.717) is 27.7 Å². The number of aromatic nitrogens is 3. The Kier molecular flexibility index (Phi) is 5.23. The Labute approximate surface area is 154 Å². The van der Waals surface area contributed by atoms with Gasteiger partial charge in [-0.3, -0.25) is 5.10 Å². The van der Waals surface area contributed by atoms with E-state index in [-0.39, 0.29) is 0 Å². The zero-order chi connectivity index (χ0) is 18.5. The van der Waals surface area contributed by atoms with Gasteiger partial charge in [0, 0.05) is 0 Å². The van der Waals surface area contributed by atoms with E-state index < -0.39 is 5.97 Å². The average Bonchev–Trinajstić information content (AvgIpc) is 2.99. The zero-order valence-corrected chi connectivity index (χ0v) is 15.0. The number of esters is 1. The number of methoxy groups -OCH3 is 1. The molecule has 3 aromatic rings. The lowest BCUT2D eigenvalue weighted by atomic mass is 10.2. The number of aromatic amines is 1. The van der Waals surface area contributed by atoms with Crippen LogP contribution in [0.2, 0.25) is 0 Å². The second-order valence-corrected chi connectivity index (χ2v) is 5.68. The summed E-state index contributed by atoms with van der Waals surface area (Å²) in [5.74, 6) is 0.942. The van der Waals surface area contributed by atoms with Crippen molar-refractivity contribution in [2.24, 2.45) is 5.10 Å². The highest BCUT2D eigenvalue weighted by Gasteiger charge is 2.12. The largest absolute Gasteiger partial charge is 0.493 e. The highest BCUT2D eigenvalue weighted by Crippen LogP contribution is 2.28. The van der Waals surface area contributed by atoms with E-state index in [1.165, 1.54) is 11.8 Å². The monoisotopic (exact) mass is 368 g/mol. The van der Waals surface area contributed by atoms with Crippen molar-refractivity contribution in [1.29, 1.82) is 0 Å². The molecule has 0 spiro atoms. The van der Waals surface area contributed by atoms with Gasteiger partial charge in [-0.05, 0) is 55.0 Å². The van der Waals surface area contributed by atoms with E-state index in [1.807, 2.05) is 6.07 Å². The standard InChI is InChI=1S/C18H16N4O3S/c1-12-20-21-18(26)22(12)19-11-13-8-9-15(16(10-13)24-2)25-17(23)14-6-4-3-5-7-14/h3-11H,1-2H3,(H,21,26)/b19-11+. The fourth-order valence-electron chi connectivity index (χ4n) is 2.21. The first kappa shape index (κ1) is 17.6. The minimum absolute atomic E-state index is 0.328. The normalized spacial score (nSPS) is 10.8. The molecule has 8 heteroatoms. The van der Waals surface area contributed by atoms with Gasteiger partial charge in [0.05, 0.1) is 18.9 Å². The first-order valence-electron chi connectivity index (χ1n) is 7.72. The van der Waals surface area contributed by atoms with Crippen LogP contribution in [0.3, 0.4) is 0 Å². The maximum atomic E-state index is 12.2. The van der Waals surface area contributed by atoms with Crippen LogP contribution in [0.5, 0.6) is 11.5 Å². The third kappa shape index (κ3) is 3.86. The quantitative estimate of drug-likeness (QED) is 0.323. The smallest absolute Gasteiger partial charge is 0.343 e. The minimum atomic E-state index is -0.453. The van der Waals surface area contributed by atoms with E-state index in [2.05, 4.69) is 15.3 Å². The molecule has 7 nitrogen and oxygen atoms in total. The second-order valence-electron chi connectivity index (χ2n) is 5.30. The SMILES string of the molecule is COc1cc(/C=N/n2c(C)n[nH]c2=S)ccc1OC(=O)c1ccccc1. The van der Waals surface area contributed by atoms with Gasteiger partial charge in [-0.1, -0.05) is 18.2 Å². The first-order valence-corrected chi connectivity index (χ1v) is 8.13.